The number of aliphatic carboxylic acids is 1. The second-order valence-corrected chi connectivity index (χ2v) is 7.35. The monoisotopic (exact) mass is 383 g/mol. The Morgan fingerprint density at radius 3 is 1.22 bits per heavy atom. The maximum Gasteiger partial charge on any atom is 0.303 e. The lowest BCUT2D eigenvalue weighted by Gasteiger charge is -2.03. The van der Waals surface area contributed by atoms with Crippen LogP contribution in [0.1, 0.15) is 116 Å². The zero-order valence-corrected chi connectivity index (χ0v) is 17.9. The lowest BCUT2D eigenvalue weighted by molar-refractivity contribution is -0.137. The Bertz CT molecular complexity index is 343. The standard InChI is InChI=1S/C20H39NO3.C3H6/c21-18-19(22)16-14-12-10-8-6-4-2-1-3-5-7-9-11-13-15-17-20(23)24;1-3-2/h1-18,21H2,(H,23,24);3H,1H2,2H3. The number of ketones is 1. The van der Waals surface area contributed by atoms with Gasteiger partial charge in [-0.05, 0) is 19.8 Å². The van der Waals surface area contributed by atoms with Crippen LogP contribution in [0.15, 0.2) is 12.7 Å². The van der Waals surface area contributed by atoms with E-state index in [0.29, 0.717) is 12.8 Å². The van der Waals surface area contributed by atoms with Crippen molar-refractivity contribution in [3.8, 4) is 0 Å². The van der Waals surface area contributed by atoms with Crippen LogP contribution < -0.4 is 5.73 Å². The molecule has 0 saturated carbocycles. The molecule has 0 heterocycles. The molecule has 0 atom stereocenters. The van der Waals surface area contributed by atoms with Gasteiger partial charge in [-0.3, -0.25) is 9.59 Å². The number of Topliss-reactive ketones (excluding diaryl/α,β-unsaturated/α-hetero) is 1. The van der Waals surface area contributed by atoms with Crippen LogP contribution in [0.25, 0.3) is 0 Å². The molecule has 3 N–H and O–H groups in total. The average Bonchev–Trinajstić information content (AvgIpc) is 2.64. The fourth-order valence-corrected chi connectivity index (χ4v) is 3.00. The highest BCUT2D eigenvalue weighted by Gasteiger charge is 1.99. The molecule has 0 spiro atoms. The zero-order valence-electron chi connectivity index (χ0n) is 17.9. The van der Waals surface area contributed by atoms with Gasteiger partial charge in [-0.15, -0.1) is 6.58 Å². The van der Waals surface area contributed by atoms with Gasteiger partial charge >= 0.3 is 5.97 Å². The van der Waals surface area contributed by atoms with Crippen LogP contribution in [0, 0.1) is 0 Å². The van der Waals surface area contributed by atoms with Gasteiger partial charge in [0.2, 0.25) is 0 Å². The fraction of sp³-hybridized carbons (Fsp3) is 0.826. The molecule has 160 valence electrons. The van der Waals surface area contributed by atoms with Crippen molar-refractivity contribution < 1.29 is 14.7 Å². The first-order valence-corrected chi connectivity index (χ1v) is 11.1. The third kappa shape index (κ3) is 29.8. The Hall–Kier alpha value is -1.16. The molecule has 27 heavy (non-hydrogen) atoms. The van der Waals surface area contributed by atoms with E-state index < -0.39 is 5.97 Å². The average molecular weight is 384 g/mol. The smallest absolute Gasteiger partial charge is 0.303 e. The summed E-state index contributed by atoms with van der Waals surface area (Å²) < 4.78 is 0. The Kier molecular flexibility index (Phi) is 25.8. The number of hydrogen-bond donors (Lipinski definition) is 2. The number of carboxylic acids is 1. The highest BCUT2D eigenvalue weighted by atomic mass is 16.4. The van der Waals surface area contributed by atoms with Crippen LogP contribution in [0.2, 0.25) is 0 Å². The molecule has 0 aliphatic carbocycles. The highest BCUT2D eigenvalue weighted by Crippen LogP contribution is 2.14. The van der Waals surface area contributed by atoms with E-state index in [9.17, 15) is 9.59 Å². The maximum absolute atomic E-state index is 11.0. The van der Waals surface area contributed by atoms with E-state index in [0.717, 1.165) is 25.7 Å². The zero-order chi connectivity index (χ0) is 20.6. The van der Waals surface area contributed by atoms with Gasteiger partial charge in [-0.2, -0.15) is 0 Å². The molecule has 4 nitrogen and oxygen atoms in total. The number of hydrogen-bond acceptors (Lipinski definition) is 3. The first-order valence-electron chi connectivity index (χ1n) is 11.1. The first kappa shape index (κ1) is 28.1. The highest BCUT2D eigenvalue weighted by molar-refractivity contribution is 5.80. The second-order valence-electron chi connectivity index (χ2n) is 7.35. The summed E-state index contributed by atoms with van der Waals surface area (Å²) >= 11 is 0. The van der Waals surface area contributed by atoms with Crippen LogP contribution in [0.4, 0.5) is 0 Å². The molecule has 0 aliphatic heterocycles. The van der Waals surface area contributed by atoms with E-state index in [1.807, 2.05) is 6.92 Å². The normalized spacial score (nSPS) is 10.1. The Morgan fingerprint density at radius 2 is 0.963 bits per heavy atom. The van der Waals surface area contributed by atoms with Gasteiger partial charge in [0.1, 0.15) is 5.78 Å². The molecule has 0 aromatic heterocycles. The topological polar surface area (TPSA) is 80.4 Å². The van der Waals surface area contributed by atoms with Crippen molar-refractivity contribution in [2.75, 3.05) is 6.54 Å². The molecule has 0 saturated heterocycles. The summed E-state index contributed by atoms with van der Waals surface area (Å²) in [6.45, 7) is 5.45. The van der Waals surface area contributed by atoms with E-state index in [1.165, 1.54) is 70.6 Å². The van der Waals surface area contributed by atoms with Gasteiger partial charge < -0.3 is 10.8 Å². The van der Waals surface area contributed by atoms with E-state index in [2.05, 4.69) is 6.58 Å². The predicted molar refractivity (Wildman–Crippen MR) is 116 cm³/mol. The summed E-state index contributed by atoms with van der Waals surface area (Å²) in [6.07, 6.45) is 21.1. The molecule has 0 fully saturated rings. The Balaban J connectivity index is 0. The largest absolute Gasteiger partial charge is 0.481 e. The molecular weight excluding hydrogens is 338 g/mol. The number of nitrogens with two attached hydrogens (primary N) is 1. The van der Waals surface area contributed by atoms with Crippen molar-refractivity contribution in [2.45, 2.75) is 116 Å². The van der Waals surface area contributed by atoms with Crippen LogP contribution in [0.3, 0.4) is 0 Å². The van der Waals surface area contributed by atoms with Gasteiger partial charge in [0, 0.05) is 12.8 Å². The van der Waals surface area contributed by atoms with Crippen molar-refractivity contribution in [3.05, 3.63) is 12.7 Å². The Morgan fingerprint density at radius 1 is 0.704 bits per heavy atom. The third-order valence-corrected chi connectivity index (χ3v) is 4.57. The quantitative estimate of drug-likeness (QED) is 0.199. The molecule has 0 rings (SSSR count). The molecule has 4 heteroatoms. The minimum absolute atomic E-state index is 0.190. The molecule has 0 aromatic carbocycles. The van der Waals surface area contributed by atoms with Crippen molar-refractivity contribution in [2.24, 2.45) is 5.73 Å². The fourth-order valence-electron chi connectivity index (χ4n) is 3.00. The van der Waals surface area contributed by atoms with Crippen molar-refractivity contribution >= 4 is 11.8 Å². The van der Waals surface area contributed by atoms with Gasteiger partial charge in [0.25, 0.3) is 0 Å². The van der Waals surface area contributed by atoms with Crippen molar-refractivity contribution in [1.29, 1.82) is 0 Å². The molecular formula is C23H45NO3. The second kappa shape index (κ2) is 24.8. The maximum atomic E-state index is 11.0. The number of rotatable bonds is 19. The van der Waals surface area contributed by atoms with Crippen molar-refractivity contribution in [1.82, 2.24) is 0 Å². The lowest BCUT2D eigenvalue weighted by atomic mass is 10.0. The van der Waals surface area contributed by atoms with Crippen LogP contribution >= 0.6 is 0 Å². The van der Waals surface area contributed by atoms with Crippen LogP contribution in [-0.4, -0.2) is 23.4 Å². The number of unbranched alkanes of at least 4 members (excludes halogenated alkanes) is 14. The Labute approximate surface area is 168 Å². The van der Waals surface area contributed by atoms with Gasteiger partial charge in [0.15, 0.2) is 0 Å². The summed E-state index contributed by atoms with van der Waals surface area (Å²) in [5.74, 6) is -0.480. The SMILES string of the molecule is C=CC.NCC(=O)CCCCCCCCCCCCCCCCCC(=O)O. The molecule has 0 unspecified atom stereocenters. The van der Waals surface area contributed by atoms with E-state index in [-0.39, 0.29) is 12.3 Å². The van der Waals surface area contributed by atoms with Gasteiger partial charge in [0.05, 0.1) is 6.54 Å². The molecule has 0 aliphatic rings. The van der Waals surface area contributed by atoms with Crippen LogP contribution in [-0.2, 0) is 9.59 Å². The lowest BCUT2D eigenvalue weighted by Crippen LogP contribution is -2.12. The summed E-state index contributed by atoms with van der Waals surface area (Å²) in [5, 5.41) is 8.54. The summed E-state index contributed by atoms with van der Waals surface area (Å²) in [7, 11) is 0. The van der Waals surface area contributed by atoms with E-state index in [4.69, 9.17) is 10.8 Å². The number of carbonyl (C=O) groups is 2. The van der Waals surface area contributed by atoms with Gasteiger partial charge in [-0.25, -0.2) is 0 Å². The number of carboxylic acid groups (broad SMARTS) is 1. The summed E-state index contributed by atoms with van der Waals surface area (Å²) in [6, 6.07) is 0. The predicted octanol–water partition coefficient (Wildman–Crippen LogP) is 6.42. The number of carbonyl (C=O) groups excluding carboxylic acids is 1. The summed E-state index contributed by atoms with van der Waals surface area (Å²) in [4.78, 5) is 21.4. The molecule has 0 radical (unpaired) electrons. The first-order chi connectivity index (χ1) is 13.1. The van der Waals surface area contributed by atoms with Gasteiger partial charge in [-0.1, -0.05) is 89.5 Å². The molecule has 0 aromatic rings. The third-order valence-electron chi connectivity index (χ3n) is 4.57. The molecule has 0 amide bonds. The minimum Gasteiger partial charge on any atom is -0.481 e. The minimum atomic E-state index is -0.670. The van der Waals surface area contributed by atoms with E-state index >= 15 is 0 Å². The van der Waals surface area contributed by atoms with Crippen molar-refractivity contribution in [3.63, 3.8) is 0 Å². The molecule has 0 bridgehead atoms. The van der Waals surface area contributed by atoms with E-state index in [1.54, 1.807) is 6.08 Å². The number of allylic oxidation sites excluding steroid dienone is 1. The van der Waals surface area contributed by atoms with Crippen LogP contribution in [0.5, 0.6) is 0 Å². The summed E-state index contributed by atoms with van der Waals surface area (Å²) in [5.41, 5.74) is 5.28.